The number of nitrogens with zero attached hydrogens (tertiary/aromatic N) is 2. The molecule has 1 saturated heterocycles. The number of fused-ring (bicyclic) bond motifs is 1. The molecular formula is C14H17BrN4. The zero-order valence-corrected chi connectivity index (χ0v) is 12.3. The third kappa shape index (κ3) is 2.67. The molecule has 0 unspecified atom stereocenters. The van der Waals surface area contributed by atoms with Crippen molar-refractivity contribution < 1.29 is 0 Å². The van der Waals surface area contributed by atoms with Gasteiger partial charge in [0, 0.05) is 34.8 Å². The highest BCUT2D eigenvalue weighted by Crippen LogP contribution is 2.29. The Hall–Kier alpha value is -1.33. The van der Waals surface area contributed by atoms with Crippen LogP contribution in [-0.2, 0) is 0 Å². The highest BCUT2D eigenvalue weighted by molar-refractivity contribution is 9.10. The third-order valence-electron chi connectivity index (χ3n) is 3.48. The molecule has 3 rings (SSSR count). The fourth-order valence-electron chi connectivity index (χ4n) is 2.48. The molecule has 1 aliphatic heterocycles. The molecule has 19 heavy (non-hydrogen) atoms. The number of nitrogens with two attached hydrogens (primary N) is 1. The van der Waals surface area contributed by atoms with E-state index in [2.05, 4.69) is 31.3 Å². The first kappa shape index (κ1) is 12.7. The van der Waals surface area contributed by atoms with Gasteiger partial charge in [0.15, 0.2) is 0 Å². The number of benzene rings is 1. The van der Waals surface area contributed by atoms with Crippen LogP contribution >= 0.6 is 15.9 Å². The molecule has 4 nitrogen and oxygen atoms in total. The molecule has 0 aliphatic carbocycles. The Bertz CT molecular complexity index is 593. The molecule has 1 fully saturated rings. The lowest BCUT2D eigenvalue weighted by molar-refractivity contribution is 0.273. The molecule has 1 aromatic heterocycles. The van der Waals surface area contributed by atoms with Crippen molar-refractivity contribution in [3.63, 3.8) is 0 Å². The smallest absolute Gasteiger partial charge is 0.0968 e. The number of nitrogens with one attached hydrogen (secondary N) is 1. The summed E-state index contributed by atoms with van der Waals surface area (Å²) >= 11 is 3.44. The number of aromatic nitrogens is 1. The molecule has 0 amide bonds. The van der Waals surface area contributed by atoms with Crippen molar-refractivity contribution in [1.29, 1.82) is 0 Å². The predicted octanol–water partition coefficient (Wildman–Crippen LogP) is 3.39. The highest BCUT2D eigenvalue weighted by Gasteiger charge is 2.12. The number of rotatable bonds is 2. The molecular weight excluding hydrogens is 304 g/mol. The van der Waals surface area contributed by atoms with Crippen molar-refractivity contribution in [3.8, 4) is 0 Å². The van der Waals surface area contributed by atoms with Gasteiger partial charge in [-0.1, -0.05) is 6.42 Å². The second kappa shape index (κ2) is 5.35. The van der Waals surface area contributed by atoms with E-state index < -0.39 is 0 Å². The van der Waals surface area contributed by atoms with Crippen LogP contribution in [0.3, 0.4) is 0 Å². The largest absolute Gasteiger partial charge is 0.398 e. The Labute approximate surface area is 121 Å². The van der Waals surface area contributed by atoms with Crippen LogP contribution in [0, 0.1) is 0 Å². The van der Waals surface area contributed by atoms with E-state index in [0.717, 1.165) is 39.8 Å². The first-order valence-electron chi connectivity index (χ1n) is 6.59. The fourth-order valence-corrected chi connectivity index (χ4v) is 2.81. The lowest BCUT2D eigenvalue weighted by atomic mass is 10.1. The minimum Gasteiger partial charge on any atom is -0.398 e. The van der Waals surface area contributed by atoms with Gasteiger partial charge in [-0.3, -0.25) is 4.98 Å². The van der Waals surface area contributed by atoms with Gasteiger partial charge in [0.2, 0.25) is 0 Å². The summed E-state index contributed by atoms with van der Waals surface area (Å²) in [6, 6.07) is 5.95. The van der Waals surface area contributed by atoms with Crippen molar-refractivity contribution >= 4 is 38.2 Å². The predicted molar refractivity (Wildman–Crippen MR) is 82.9 cm³/mol. The van der Waals surface area contributed by atoms with Crippen LogP contribution in [0.25, 0.3) is 10.9 Å². The summed E-state index contributed by atoms with van der Waals surface area (Å²) in [5.41, 5.74) is 12.2. The minimum absolute atomic E-state index is 0.757. The maximum absolute atomic E-state index is 6.02. The molecule has 0 saturated carbocycles. The maximum atomic E-state index is 6.02. The van der Waals surface area contributed by atoms with Gasteiger partial charge >= 0.3 is 0 Å². The van der Waals surface area contributed by atoms with E-state index in [9.17, 15) is 0 Å². The first-order chi connectivity index (χ1) is 9.24. The molecule has 5 heteroatoms. The second-order valence-corrected chi connectivity index (χ2v) is 5.83. The second-order valence-electron chi connectivity index (χ2n) is 4.91. The molecule has 2 aromatic rings. The van der Waals surface area contributed by atoms with Crippen molar-refractivity contribution in [3.05, 3.63) is 28.9 Å². The van der Waals surface area contributed by atoms with Gasteiger partial charge in [-0.25, -0.2) is 5.01 Å². The van der Waals surface area contributed by atoms with Crippen LogP contribution in [0.2, 0.25) is 0 Å². The van der Waals surface area contributed by atoms with E-state index >= 15 is 0 Å². The van der Waals surface area contributed by atoms with Gasteiger partial charge in [-0.15, -0.1) is 0 Å². The number of piperidine rings is 1. The quantitative estimate of drug-likeness (QED) is 0.833. The lowest BCUT2D eigenvalue weighted by Gasteiger charge is -2.28. The van der Waals surface area contributed by atoms with E-state index in [1.54, 1.807) is 0 Å². The lowest BCUT2D eigenvalue weighted by Crippen LogP contribution is -2.34. The van der Waals surface area contributed by atoms with Crippen molar-refractivity contribution in [2.24, 2.45) is 0 Å². The first-order valence-corrected chi connectivity index (χ1v) is 7.39. The molecule has 100 valence electrons. The van der Waals surface area contributed by atoms with Crippen LogP contribution in [0.4, 0.5) is 11.4 Å². The summed E-state index contributed by atoms with van der Waals surface area (Å²) in [6.45, 7) is 2.17. The van der Waals surface area contributed by atoms with E-state index in [1.165, 1.54) is 19.3 Å². The standard InChI is InChI=1S/C14H17BrN4/c15-10-8-11-12(16)4-5-13(14(11)17-9-10)18-19-6-2-1-3-7-19/h4-5,8-9,18H,1-3,6-7,16H2. The molecule has 0 atom stereocenters. The Morgan fingerprint density at radius 1 is 1.21 bits per heavy atom. The van der Waals surface area contributed by atoms with Crippen LogP contribution in [0.15, 0.2) is 28.9 Å². The normalized spacial score (nSPS) is 16.7. The average molecular weight is 321 g/mol. The van der Waals surface area contributed by atoms with E-state index in [4.69, 9.17) is 5.73 Å². The molecule has 0 spiro atoms. The monoisotopic (exact) mass is 320 g/mol. The van der Waals surface area contributed by atoms with E-state index in [1.807, 2.05) is 24.4 Å². The number of hydrogen-bond acceptors (Lipinski definition) is 4. The van der Waals surface area contributed by atoms with Gasteiger partial charge in [-0.05, 0) is 47.0 Å². The van der Waals surface area contributed by atoms with Crippen molar-refractivity contribution in [2.75, 3.05) is 24.2 Å². The van der Waals surface area contributed by atoms with Gasteiger partial charge < -0.3 is 11.2 Å². The number of hydrogen-bond donors (Lipinski definition) is 2. The molecule has 3 N–H and O–H groups in total. The number of halogens is 1. The molecule has 0 bridgehead atoms. The van der Waals surface area contributed by atoms with Gasteiger partial charge in [0.05, 0.1) is 11.2 Å². The topological polar surface area (TPSA) is 54.2 Å². The number of hydrazine groups is 1. The van der Waals surface area contributed by atoms with Gasteiger partial charge in [0.1, 0.15) is 0 Å². The number of nitrogen functional groups attached to an aromatic ring is 1. The van der Waals surface area contributed by atoms with Crippen LogP contribution in [0.1, 0.15) is 19.3 Å². The SMILES string of the molecule is Nc1ccc(NN2CCCCC2)c2ncc(Br)cc12. The fraction of sp³-hybridized carbons (Fsp3) is 0.357. The summed E-state index contributed by atoms with van der Waals surface area (Å²) in [6.07, 6.45) is 5.63. The van der Waals surface area contributed by atoms with Crippen molar-refractivity contribution in [2.45, 2.75) is 19.3 Å². The Balaban J connectivity index is 1.96. The van der Waals surface area contributed by atoms with Crippen LogP contribution < -0.4 is 11.2 Å². The molecule has 1 aromatic carbocycles. The summed E-state index contributed by atoms with van der Waals surface area (Å²) < 4.78 is 0.946. The van der Waals surface area contributed by atoms with E-state index in [-0.39, 0.29) is 0 Å². The van der Waals surface area contributed by atoms with E-state index in [0.29, 0.717) is 0 Å². The summed E-state index contributed by atoms with van der Waals surface area (Å²) in [5, 5.41) is 3.24. The maximum Gasteiger partial charge on any atom is 0.0968 e. The summed E-state index contributed by atoms with van der Waals surface area (Å²) in [5.74, 6) is 0. The Morgan fingerprint density at radius 2 is 2.00 bits per heavy atom. The highest BCUT2D eigenvalue weighted by atomic mass is 79.9. The molecule has 2 heterocycles. The molecule has 0 radical (unpaired) electrons. The van der Waals surface area contributed by atoms with Crippen LogP contribution in [0.5, 0.6) is 0 Å². The van der Waals surface area contributed by atoms with Gasteiger partial charge in [0.25, 0.3) is 0 Å². The zero-order valence-electron chi connectivity index (χ0n) is 10.7. The Kier molecular flexibility index (Phi) is 3.57. The summed E-state index contributed by atoms with van der Waals surface area (Å²) in [7, 11) is 0. The van der Waals surface area contributed by atoms with Gasteiger partial charge in [-0.2, -0.15) is 0 Å². The number of anilines is 2. The third-order valence-corrected chi connectivity index (χ3v) is 3.92. The minimum atomic E-state index is 0.757. The zero-order chi connectivity index (χ0) is 13.2. The Morgan fingerprint density at radius 3 is 2.79 bits per heavy atom. The average Bonchev–Trinajstić information content (AvgIpc) is 2.43. The number of pyridine rings is 1. The molecule has 1 aliphatic rings. The summed E-state index contributed by atoms with van der Waals surface area (Å²) in [4.78, 5) is 4.49. The van der Waals surface area contributed by atoms with Crippen molar-refractivity contribution in [1.82, 2.24) is 9.99 Å². The van der Waals surface area contributed by atoms with Crippen LogP contribution in [-0.4, -0.2) is 23.1 Å².